The van der Waals surface area contributed by atoms with E-state index in [1.165, 1.54) is 19.2 Å². The number of nitrogens with zero attached hydrogens (tertiary/aromatic N) is 1. The molecule has 8 nitrogen and oxygen atoms in total. The quantitative estimate of drug-likeness (QED) is 0.207. The molecule has 1 aromatic carbocycles. The van der Waals surface area contributed by atoms with Gasteiger partial charge in [0.1, 0.15) is 17.1 Å². The Morgan fingerprint density at radius 2 is 1.83 bits per heavy atom. The number of alkyl halides is 2. The van der Waals surface area contributed by atoms with Crippen molar-refractivity contribution in [3.63, 3.8) is 0 Å². The van der Waals surface area contributed by atoms with Crippen molar-refractivity contribution in [3.05, 3.63) is 23.8 Å². The molecule has 29 heavy (non-hydrogen) atoms. The zero-order valence-electron chi connectivity index (χ0n) is 17.2. The molecule has 1 amide bonds. The lowest BCUT2D eigenvalue weighted by molar-refractivity contribution is -0.0505. The molecule has 0 spiro atoms. The van der Waals surface area contributed by atoms with Gasteiger partial charge < -0.3 is 30.2 Å². The largest absolute Gasteiger partial charge is 0.497 e. The molecular formula is C18H29F2IN4O4. The van der Waals surface area contributed by atoms with Crippen molar-refractivity contribution in [2.45, 2.75) is 39.5 Å². The summed E-state index contributed by atoms with van der Waals surface area (Å²) in [6, 6.07) is 4.56. The summed E-state index contributed by atoms with van der Waals surface area (Å²) in [6.07, 6.45) is -0.512. The predicted octanol–water partition coefficient (Wildman–Crippen LogP) is 3.10. The number of methoxy groups -OCH3 is 1. The van der Waals surface area contributed by atoms with Crippen LogP contribution < -0.4 is 25.4 Å². The van der Waals surface area contributed by atoms with Crippen LogP contribution >= 0.6 is 24.0 Å². The molecule has 0 fully saturated rings. The first-order valence-corrected chi connectivity index (χ1v) is 8.67. The maximum atomic E-state index is 12.6. The van der Waals surface area contributed by atoms with E-state index >= 15 is 0 Å². The van der Waals surface area contributed by atoms with Crippen molar-refractivity contribution < 1.29 is 27.8 Å². The van der Waals surface area contributed by atoms with Crippen molar-refractivity contribution in [1.29, 1.82) is 0 Å². The molecule has 0 aliphatic rings. The highest BCUT2D eigenvalue weighted by Gasteiger charge is 2.15. The minimum Gasteiger partial charge on any atom is -0.497 e. The summed E-state index contributed by atoms with van der Waals surface area (Å²) in [7, 11) is 3.05. The molecule has 0 saturated carbocycles. The van der Waals surface area contributed by atoms with Crippen molar-refractivity contribution in [2.75, 3.05) is 27.2 Å². The number of nitrogens with one attached hydrogen (secondary N) is 3. The second kappa shape index (κ2) is 13.2. The van der Waals surface area contributed by atoms with Gasteiger partial charge in [0.15, 0.2) is 5.96 Å². The number of rotatable bonds is 8. The van der Waals surface area contributed by atoms with Gasteiger partial charge in [-0.15, -0.1) is 24.0 Å². The molecule has 0 aliphatic carbocycles. The number of hydrogen-bond acceptors (Lipinski definition) is 5. The van der Waals surface area contributed by atoms with Crippen LogP contribution in [0.2, 0.25) is 0 Å². The molecule has 0 saturated heterocycles. The molecule has 1 aromatic rings. The van der Waals surface area contributed by atoms with Gasteiger partial charge in [0.25, 0.3) is 0 Å². The van der Waals surface area contributed by atoms with Gasteiger partial charge in [-0.25, -0.2) is 4.79 Å². The minimum absolute atomic E-state index is 0. The van der Waals surface area contributed by atoms with E-state index in [0.717, 1.165) is 0 Å². The number of carbonyl (C=O) groups is 1. The number of benzene rings is 1. The van der Waals surface area contributed by atoms with E-state index in [2.05, 4.69) is 25.7 Å². The van der Waals surface area contributed by atoms with Crippen LogP contribution in [-0.4, -0.2) is 51.5 Å². The van der Waals surface area contributed by atoms with Crippen LogP contribution in [0.4, 0.5) is 13.6 Å². The number of aliphatic imine (C=N–C) groups is 1. The molecule has 11 heteroatoms. The molecule has 0 aromatic heterocycles. The summed E-state index contributed by atoms with van der Waals surface area (Å²) in [5, 5.41) is 8.60. The predicted molar refractivity (Wildman–Crippen MR) is 117 cm³/mol. The van der Waals surface area contributed by atoms with Gasteiger partial charge in [-0.1, -0.05) is 0 Å². The smallest absolute Gasteiger partial charge is 0.407 e. The van der Waals surface area contributed by atoms with Gasteiger partial charge in [-0.05, 0) is 39.0 Å². The van der Waals surface area contributed by atoms with Crippen molar-refractivity contribution in [3.8, 4) is 11.5 Å². The van der Waals surface area contributed by atoms with Crippen LogP contribution in [-0.2, 0) is 11.3 Å². The summed E-state index contributed by atoms with van der Waals surface area (Å²) in [5.74, 6) is 0.991. The van der Waals surface area contributed by atoms with E-state index in [1.807, 2.05) is 0 Å². The summed E-state index contributed by atoms with van der Waals surface area (Å²) >= 11 is 0. The Morgan fingerprint density at radius 1 is 1.17 bits per heavy atom. The van der Waals surface area contributed by atoms with Gasteiger partial charge in [0.05, 0.1) is 7.11 Å². The van der Waals surface area contributed by atoms with Crippen LogP contribution in [0.3, 0.4) is 0 Å². The topological polar surface area (TPSA) is 93.2 Å². The normalized spacial score (nSPS) is 11.4. The summed E-state index contributed by atoms with van der Waals surface area (Å²) < 4.78 is 39.9. The molecule has 0 radical (unpaired) electrons. The van der Waals surface area contributed by atoms with Crippen molar-refractivity contribution in [1.82, 2.24) is 16.0 Å². The number of hydrogen-bond donors (Lipinski definition) is 3. The molecule has 1 rings (SSSR count). The maximum Gasteiger partial charge on any atom is 0.407 e. The van der Waals surface area contributed by atoms with E-state index in [0.29, 0.717) is 30.4 Å². The summed E-state index contributed by atoms with van der Waals surface area (Å²) in [6.45, 7) is 3.29. The van der Waals surface area contributed by atoms with Crippen LogP contribution in [0.1, 0.15) is 26.3 Å². The highest BCUT2D eigenvalue weighted by Crippen LogP contribution is 2.25. The first-order valence-electron chi connectivity index (χ1n) is 8.67. The standard InChI is InChI=1S/C18H28F2N4O4.HI/c1-18(2,3)28-17(25)23-9-8-22-16(21-4)24-11-12-10-13(26-5)6-7-14(12)27-15(19)20;/h6-7,10,15H,8-9,11H2,1-5H3,(H,23,25)(H2,21,22,24);1H. The fraction of sp³-hybridized carbons (Fsp3) is 0.556. The third kappa shape index (κ3) is 11.5. The minimum atomic E-state index is -2.93. The number of alkyl carbamates (subject to hydrolysis) is 1. The molecule has 3 N–H and O–H groups in total. The third-order valence-electron chi connectivity index (χ3n) is 3.24. The van der Waals surface area contributed by atoms with Crippen LogP contribution in [0.15, 0.2) is 23.2 Å². The molecule has 166 valence electrons. The Balaban J connectivity index is 0.00000784. The molecular weight excluding hydrogens is 501 g/mol. The van der Waals surface area contributed by atoms with Crippen LogP contribution in [0, 0.1) is 0 Å². The molecule has 0 unspecified atom stereocenters. The highest BCUT2D eigenvalue weighted by molar-refractivity contribution is 14.0. The second-order valence-electron chi connectivity index (χ2n) is 6.63. The van der Waals surface area contributed by atoms with Crippen molar-refractivity contribution >= 4 is 36.0 Å². The Morgan fingerprint density at radius 3 is 2.38 bits per heavy atom. The van der Waals surface area contributed by atoms with Gasteiger partial charge in [0, 0.05) is 32.2 Å². The van der Waals surface area contributed by atoms with E-state index in [4.69, 9.17) is 9.47 Å². The Hall–Kier alpha value is -2.05. The first kappa shape index (κ1) is 27.0. The Labute approximate surface area is 186 Å². The Kier molecular flexibility index (Phi) is 12.3. The molecule has 0 aliphatic heterocycles. The lowest BCUT2D eigenvalue weighted by Gasteiger charge is -2.20. The SMILES string of the molecule is CN=C(NCCNC(=O)OC(C)(C)C)NCc1cc(OC)ccc1OC(F)F.I. The average molecular weight is 530 g/mol. The third-order valence-corrected chi connectivity index (χ3v) is 3.24. The van der Waals surface area contributed by atoms with Crippen molar-refractivity contribution in [2.24, 2.45) is 4.99 Å². The van der Waals surface area contributed by atoms with Gasteiger partial charge in [-0.2, -0.15) is 8.78 Å². The van der Waals surface area contributed by atoms with E-state index < -0.39 is 18.3 Å². The molecule has 0 atom stereocenters. The van der Waals surface area contributed by atoms with E-state index in [1.54, 1.807) is 33.9 Å². The lowest BCUT2D eigenvalue weighted by Crippen LogP contribution is -2.42. The summed E-state index contributed by atoms with van der Waals surface area (Å²) in [5.41, 5.74) is -0.0846. The fourth-order valence-electron chi connectivity index (χ4n) is 2.09. The second-order valence-corrected chi connectivity index (χ2v) is 6.63. The number of carbonyl (C=O) groups excluding carboxylic acids is 1. The lowest BCUT2D eigenvalue weighted by atomic mass is 10.2. The highest BCUT2D eigenvalue weighted by atomic mass is 127. The zero-order valence-corrected chi connectivity index (χ0v) is 19.5. The number of ether oxygens (including phenoxy) is 3. The summed E-state index contributed by atoms with van der Waals surface area (Å²) in [4.78, 5) is 15.6. The van der Waals surface area contributed by atoms with E-state index in [9.17, 15) is 13.6 Å². The number of amides is 1. The van der Waals surface area contributed by atoms with Gasteiger partial charge >= 0.3 is 12.7 Å². The Bertz CT molecular complexity index is 670. The molecule has 0 heterocycles. The monoisotopic (exact) mass is 530 g/mol. The van der Waals surface area contributed by atoms with E-state index in [-0.39, 0.29) is 36.3 Å². The maximum absolute atomic E-state index is 12.6. The molecule has 0 bridgehead atoms. The van der Waals surface area contributed by atoms with Gasteiger partial charge in [0.2, 0.25) is 0 Å². The average Bonchev–Trinajstić information content (AvgIpc) is 2.60. The number of halogens is 3. The van der Waals surface area contributed by atoms with Gasteiger partial charge in [-0.3, -0.25) is 4.99 Å². The number of guanidine groups is 1. The fourth-order valence-corrected chi connectivity index (χ4v) is 2.09. The first-order chi connectivity index (χ1) is 13.1. The zero-order chi connectivity index (χ0) is 21.2. The van der Waals surface area contributed by atoms with Crippen LogP contribution in [0.5, 0.6) is 11.5 Å². The van der Waals surface area contributed by atoms with Crippen LogP contribution in [0.25, 0.3) is 0 Å².